The Balaban J connectivity index is 3.03. The smallest absolute Gasteiger partial charge is 0.00614 e. The second kappa shape index (κ2) is 14.0. The second-order valence-electron chi connectivity index (χ2n) is 5.36. The van der Waals surface area contributed by atoms with Gasteiger partial charge in [-0.2, -0.15) is 0 Å². The van der Waals surface area contributed by atoms with Crippen molar-refractivity contribution < 1.29 is 0 Å². The van der Waals surface area contributed by atoms with Crippen LogP contribution in [0.2, 0.25) is 0 Å². The highest BCUT2D eigenvalue weighted by molar-refractivity contribution is 4.61. The SMILES string of the molecule is CCCCCCCCCCCCC(CC)NC. The lowest BCUT2D eigenvalue weighted by Crippen LogP contribution is -2.23. The molecule has 0 aliphatic heterocycles. The average Bonchev–Trinajstić information content (AvgIpc) is 2.36. The predicted octanol–water partition coefficient (Wildman–Crippen LogP) is 5.30. The fraction of sp³-hybridized carbons (Fsp3) is 1.00. The van der Waals surface area contributed by atoms with Crippen LogP contribution < -0.4 is 5.32 Å². The van der Waals surface area contributed by atoms with Crippen LogP contribution in [-0.4, -0.2) is 13.1 Å². The Bertz CT molecular complexity index is 129. The Kier molecular flexibility index (Phi) is 14.0. The van der Waals surface area contributed by atoms with Gasteiger partial charge in [0.25, 0.3) is 0 Å². The van der Waals surface area contributed by atoms with Gasteiger partial charge in [0.05, 0.1) is 0 Å². The first-order valence-electron chi connectivity index (χ1n) is 8.02. The number of hydrogen-bond acceptors (Lipinski definition) is 1. The summed E-state index contributed by atoms with van der Waals surface area (Å²) in [7, 11) is 2.09. The first kappa shape index (κ1) is 17.0. The molecule has 0 spiro atoms. The molecule has 0 fully saturated rings. The van der Waals surface area contributed by atoms with E-state index in [0.717, 1.165) is 6.04 Å². The lowest BCUT2D eigenvalue weighted by molar-refractivity contribution is 0.469. The zero-order valence-corrected chi connectivity index (χ0v) is 12.6. The molecule has 1 unspecified atom stereocenters. The standard InChI is InChI=1S/C16H35N/c1-4-6-7-8-9-10-11-12-13-14-15-16(5-2)17-3/h16-17H,4-15H2,1-3H3. The quantitative estimate of drug-likeness (QED) is 0.432. The monoisotopic (exact) mass is 241 g/mol. The van der Waals surface area contributed by atoms with Crippen LogP contribution >= 0.6 is 0 Å². The zero-order valence-electron chi connectivity index (χ0n) is 12.6. The molecule has 0 aromatic heterocycles. The van der Waals surface area contributed by atoms with Gasteiger partial charge in [0.2, 0.25) is 0 Å². The molecule has 0 saturated carbocycles. The highest BCUT2D eigenvalue weighted by atomic mass is 14.9. The van der Waals surface area contributed by atoms with Crippen LogP contribution in [0.3, 0.4) is 0 Å². The summed E-state index contributed by atoms with van der Waals surface area (Å²) >= 11 is 0. The van der Waals surface area contributed by atoms with E-state index in [9.17, 15) is 0 Å². The third-order valence-electron chi connectivity index (χ3n) is 3.81. The molecule has 1 N–H and O–H groups in total. The molecule has 1 heteroatoms. The summed E-state index contributed by atoms with van der Waals surface area (Å²) < 4.78 is 0. The van der Waals surface area contributed by atoms with Crippen LogP contribution in [0.5, 0.6) is 0 Å². The molecular weight excluding hydrogens is 206 g/mol. The van der Waals surface area contributed by atoms with Gasteiger partial charge in [-0.25, -0.2) is 0 Å². The summed E-state index contributed by atoms with van der Waals surface area (Å²) in [5.74, 6) is 0. The van der Waals surface area contributed by atoms with Crippen molar-refractivity contribution in [3.63, 3.8) is 0 Å². The molecule has 17 heavy (non-hydrogen) atoms. The van der Waals surface area contributed by atoms with Gasteiger partial charge in [0, 0.05) is 6.04 Å². The summed E-state index contributed by atoms with van der Waals surface area (Å²) in [5.41, 5.74) is 0. The normalized spacial score (nSPS) is 12.9. The van der Waals surface area contributed by atoms with E-state index in [0.29, 0.717) is 0 Å². The molecule has 0 aliphatic carbocycles. The van der Waals surface area contributed by atoms with Crippen LogP contribution in [0.1, 0.15) is 90.9 Å². The van der Waals surface area contributed by atoms with Crippen LogP contribution in [0.15, 0.2) is 0 Å². The van der Waals surface area contributed by atoms with Crippen molar-refractivity contribution in [2.45, 2.75) is 96.9 Å². The summed E-state index contributed by atoms with van der Waals surface area (Å²) in [4.78, 5) is 0. The largest absolute Gasteiger partial charge is 0.317 e. The van der Waals surface area contributed by atoms with Crippen LogP contribution in [0.4, 0.5) is 0 Å². The average molecular weight is 241 g/mol. The van der Waals surface area contributed by atoms with Gasteiger partial charge in [-0.05, 0) is 19.9 Å². The minimum Gasteiger partial charge on any atom is -0.317 e. The number of unbranched alkanes of at least 4 members (excludes halogenated alkanes) is 9. The van der Waals surface area contributed by atoms with Gasteiger partial charge in [-0.1, -0.05) is 78.1 Å². The van der Waals surface area contributed by atoms with Crippen molar-refractivity contribution in [3.05, 3.63) is 0 Å². The Morgan fingerprint density at radius 2 is 1.18 bits per heavy atom. The van der Waals surface area contributed by atoms with Crippen molar-refractivity contribution in [3.8, 4) is 0 Å². The Morgan fingerprint density at radius 1 is 0.706 bits per heavy atom. The van der Waals surface area contributed by atoms with Crippen molar-refractivity contribution >= 4 is 0 Å². The molecule has 104 valence electrons. The van der Waals surface area contributed by atoms with E-state index in [-0.39, 0.29) is 0 Å². The van der Waals surface area contributed by atoms with Gasteiger partial charge >= 0.3 is 0 Å². The zero-order chi connectivity index (χ0) is 12.8. The van der Waals surface area contributed by atoms with Crippen molar-refractivity contribution in [2.24, 2.45) is 0 Å². The molecule has 0 bridgehead atoms. The highest BCUT2D eigenvalue weighted by Gasteiger charge is 2.01. The molecular formula is C16H35N. The third-order valence-corrected chi connectivity index (χ3v) is 3.81. The highest BCUT2D eigenvalue weighted by Crippen LogP contribution is 2.12. The summed E-state index contributed by atoms with van der Waals surface area (Å²) in [6, 6.07) is 0.754. The maximum absolute atomic E-state index is 3.38. The van der Waals surface area contributed by atoms with Crippen LogP contribution in [0, 0.1) is 0 Å². The van der Waals surface area contributed by atoms with E-state index in [1.165, 1.54) is 77.0 Å². The third kappa shape index (κ3) is 12.2. The molecule has 0 aromatic rings. The molecule has 0 amide bonds. The Hall–Kier alpha value is -0.0400. The molecule has 0 rings (SSSR count). The minimum absolute atomic E-state index is 0.754. The minimum atomic E-state index is 0.754. The topological polar surface area (TPSA) is 12.0 Å². The molecule has 0 aliphatic rings. The molecule has 1 atom stereocenters. The molecule has 0 heterocycles. The lowest BCUT2D eigenvalue weighted by atomic mass is 10.0. The van der Waals surface area contributed by atoms with Crippen molar-refractivity contribution in [2.75, 3.05) is 7.05 Å². The van der Waals surface area contributed by atoms with Gasteiger partial charge in [0.15, 0.2) is 0 Å². The second-order valence-corrected chi connectivity index (χ2v) is 5.36. The van der Waals surface area contributed by atoms with E-state index < -0.39 is 0 Å². The van der Waals surface area contributed by atoms with Gasteiger partial charge in [0.1, 0.15) is 0 Å². The van der Waals surface area contributed by atoms with Crippen molar-refractivity contribution in [1.29, 1.82) is 0 Å². The Labute approximate surface area is 110 Å². The van der Waals surface area contributed by atoms with E-state index in [1.807, 2.05) is 0 Å². The molecule has 1 nitrogen and oxygen atoms in total. The summed E-state index contributed by atoms with van der Waals surface area (Å²) in [5, 5.41) is 3.38. The van der Waals surface area contributed by atoms with E-state index in [4.69, 9.17) is 0 Å². The molecule has 0 aromatic carbocycles. The van der Waals surface area contributed by atoms with Gasteiger partial charge < -0.3 is 5.32 Å². The van der Waals surface area contributed by atoms with Gasteiger partial charge in [-0.3, -0.25) is 0 Å². The lowest BCUT2D eigenvalue weighted by Gasteiger charge is -2.12. The number of hydrogen-bond donors (Lipinski definition) is 1. The summed E-state index contributed by atoms with van der Waals surface area (Å²) in [6.45, 7) is 4.56. The predicted molar refractivity (Wildman–Crippen MR) is 79.6 cm³/mol. The summed E-state index contributed by atoms with van der Waals surface area (Å²) in [6.07, 6.45) is 17.0. The Morgan fingerprint density at radius 3 is 1.59 bits per heavy atom. The first-order chi connectivity index (χ1) is 8.35. The van der Waals surface area contributed by atoms with Crippen LogP contribution in [0.25, 0.3) is 0 Å². The molecule has 0 saturated heterocycles. The van der Waals surface area contributed by atoms with E-state index in [1.54, 1.807) is 0 Å². The van der Waals surface area contributed by atoms with E-state index in [2.05, 4.69) is 26.2 Å². The van der Waals surface area contributed by atoms with Crippen LogP contribution in [-0.2, 0) is 0 Å². The maximum Gasteiger partial charge on any atom is 0.00614 e. The number of rotatable bonds is 13. The number of nitrogens with one attached hydrogen (secondary N) is 1. The fourth-order valence-electron chi connectivity index (χ4n) is 2.43. The first-order valence-corrected chi connectivity index (χ1v) is 8.02. The fourth-order valence-corrected chi connectivity index (χ4v) is 2.43. The molecule has 0 radical (unpaired) electrons. The van der Waals surface area contributed by atoms with Gasteiger partial charge in [-0.15, -0.1) is 0 Å². The maximum atomic E-state index is 3.38. The van der Waals surface area contributed by atoms with E-state index >= 15 is 0 Å². The van der Waals surface area contributed by atoms with Crippen molar-refractivity contribution in [1.82, 2.24) is 5.32 Å².